The molecule has 26 heavy (non-hydrogen) atoms. The van der Waals surface area contributed by atoms with E-state index in [1.54, 1.807) is 11.8 Å². The van der Waals surface area contributed by atoms with Crippen molar-refractivity contribution in [2.75, 3.05) is 25.4 Å². The van der Waals surface area contributed by atoms with E-state index in [0.29, 0.717) is 13.1 Å². The van der Waals surface area contributed by atoms with Crippen molar-refractivity contribution in [2.24, 2.45) is 0 Å². The van der Waals surface area contributed by atoms with Gasteiger partial charge in [-0.1, -0.05) is 56.3 Å². The van der Waals surface area contributed by atoms with Gasteiger partial charge in [0.2, 0.25) is 0 Å². The van der Waals surface area contributed by atoms with Crippen LogP contribution in [-0.2, 0) is 13.1 Å². The van der Waals surface area contributed by atoms with Crippen molar-refractivity contribution in [3.05, 3.63) is 65.7 Å². The van der Waals surface area contributed by atoms with Gasteiger partial charge in [-0.3, -0.25) is 4.90 Å². The minimum atomic E-state index is -0.120. The van der Waals surface area contributed by atoms with Crippen molar-refractivity contribution in [1.29, 1.82) is 0 Å². The minimum absolute atomic E-state index is 0.120. The van der Waals surface area contributed by atoms with Crippen molar-refractivity contribution >= 4 is 17.8 Å². The van der Waals surface area contributed by atoms with Gasteiger partial charge in [-0.25, -0.2) is 4.79 Å². The highest BCUT2D eigenvalue weighted by Gasteiger charge is 2.03. The van der Waals surface area contributed by atoms with E-state index in [-0.39, 0.29) is 6.03 Å². The lowest BCUT2D eigenvalue weighted by atomic mass is 10.1. The number of benzene rings is 2. The third kappa shape index (κ3) is 7.50. The standard InChI is InChI=1S/C21H29N3OS/c1-3-24(4-2)17-19-12-10-18(11-13-19)16-23-21(25)22-14-15-26-20-8-6-5-7-9-20/h5-13H,3-4,14-17H2,1-2H3,(H2,22,23,25). The summed E-state index contributed by atoms with van der Waals surface area (Å²) in [5.41, 5.74) is 2.42. The molecule has 0 aromatic heterocycles. The molecule has 0 saturated heterocycles. The molecule has 0 aliphatic rings. The maximum atomic E-state index is 11.9. The molecule has 0 saturated carbocycles. The maximum absolute atomic E-state index is 11.9. The average Bonchev–Trinajstić information content (AvgIpc) is 2.69. The average molecular weight is 372 g/mol. The molecule has 2 aromatic rings. The second-order valence-corrected chi connectivity index (χ2v) is 7.22. The topological polar surface area (TPSA) is 44.4 Å². The molecule has 0 aliphatic carbocycles. The number of hydrogen-bond acceptors (Lipinski definition) is 3. The second kappa shape index (κ2) is 11.6. The van der Waals surface area contributed by atoms with Crippen molar-refractivity contribution < 1.29 is 4.79 Å². The van der Waals surface area contributed by atoms with E-state index >= 15 is 0 Å². The van der Waals surface area contributed by atoms with Crippen LogP contribution in [0, 0.1) is 0 Å². The number of rotatable bonds is 10. The van der Waals surface area contributed by atoms with Gasteiger partial charge in [-0.15, -0.1) is 11.8 Å². The number of carbonyl (C=O) groups is 1. The summed E-state index contributed by atoms with van der Waals surface area (Å²) in [6.45, 7) is 8.64. The summed E-state index contributed by atoms with van der Waals surface area (Å²) in [5, 5.41) is 5.81. The first kappa shape index (κ1) is 20.3. The van der Waals surface area contributed by atoms with E-state index in [0.717, 1.165) is 31.0 Å². The van der Waals surface area contributed by atoms with E-state index < -0.39 is 0 Å². The SMILES string of the molecule is CCN(CC)Cc1ccc(CNC(=O)NCCSc2ccccc2)cc1. The smallest absolute Gasteiger partial charge is 0.315 e. The largest absolute Gasteiger partial charge is 0.337 e. The Bertz CT molecular complexity index is 642. The first-order valence-corrected chi connectivity index (χ1v) is 10.2. The van der Waals surface area contributed by atoms with Gasteiger partial charge in [-0.2, -0.15) is 0 Å². The third-order valence-corrected chi connectivity index (χ3v) is 5.19. The molecule has 2 amide bonds. The summed E-state index contributed by atoms with van der Waals surface area (Å²) < 4.78 is 0. The molecule has 2 aromatic carbocycles. The molecule has 0 aliphatic heterocycles. The molecule has 0 bridgehead atoms. The third-order valence-electron chi connectivity index (χ3n) is 4.18. The van der Waals surface area contributed by atoms with Crippen LogP contribution in [-0.4, -0.2) is 36.3 Å². The van der Waals surface area contributed by atoms with E-state index in [9.17, 15) is 4.79 Å². The predicted octanol–water partition coefficient (Wildman–Crippen LogP) is 4.12. The van der Waals surface area contributed by atoms with Gasteiger partial charge in [0, 0.05) is 30.3 Å². The molecule has 5 heteroatoms. The Morgan fingerprint density at radius 3 is 2.23 bits per heavy atom. The molecule has 0 spiro atoms. The lowest BCUT2D eigenvalue weighted by Gasteiger charge is -2.18. The summed E-state index contributed by atoms with van der Waals surface area (Å²) in [7, 11) is 0. The fraction of sp³-hybridized carbons (Fsp3) is 0.381. The normalized spacial score (nSPS) is 10.7. The Kier molecular flexibility index (Phi) is 9.07. The molecule has 140 valence electrons. The number of nitrogens with one attached hydrogen (secondary N) is 2. The predicted molar refractivity (Wildman–Crippen MR) is 110 cm³/mol. The number of thioether (sulfide) groups is 1. The molecule has 2 N–H and O–H groups in total. The van der Waals surface area contributed by atoms with Gasteiger partial charge in [0.25, 0.3) is 0 Å². The Hall–Kier alpha value is -1.98. The van der Waals surface area contributed by atoms with E-state index in [1.807, 2.05) is 18.2 Å². The maximum Gasteiger partial charge on any atom is 0.315 e. The first-order valence-electron chi connectivity index (χ1n) is 9.21. The fourth-order valence-electron chi connectivity index (χ4n) is 2.56. The number of amides is 2. The van der Waals surface area contributed by atoms with Crippen molar-refractivity contribution in [2.45, 2.75) is 31.8 Å². The molecule has 2 rings (SSSR count). The van der Waals surface area contributed by atoms with Crippen molar-refractivity contribution in [3.8, 4) is 0 Å². The Morgan fingerprint density at radius 1 is 0.923 bits per heavy atom. The number of urea groups is 1. The number of nitrogens with zero attached hydrogens (tertiary/aromatic N) is 1. The Labute approximate surface area is 161 Å². The van der Waals surface area contributed by atoms with Crippen LogP contribution in [0.25, 0.3) is 0 Å². The van der Waals surface area contributed by atoms with Crippen LogP contribution in [0.4, 0.5) is 4.79 Å². The lowest BCUT2D eigenvalue weighted by molar-refractivity contribution is 0.241. The van der Waals surface area contributed by atoms with Gasteiger partial charge in [0.15, 0.2) is 0 Å². The molecule has 0 radical (unpaired) electrons. The van der Waals surface area contributed by atoms with Crippen LogP contribution < -0.4 is 10.6 Å². The fourth-order valence-corrected chi connectivity index (χ4v) is 3.35. The van der Waals surface area contributed by atoms with E-state index in [4.69, 9.17) is 0 Å². The summed E-state index contributed by atoms with van der Waals surface area (Å²) in [6, 6.07) is 18.6. The van der Waals surface area contributed by atoms with Gasteiger partial charge in [-0.05, 0) is 36.3 Å². The zero-order chi connectivity index (χ0) is 18.6. The van der Waals surface area contributed by atoms with Crippen LogP contribution >= 0.6 is 11.8 Å². The molecule has 4 nitrogen and oxygen atoms in total. The van der Waals surface area contributed by atoms with Crippen LogP contribution in [0.3, 0.4) is 0 Å². The molecule has 0 heterocycles. The molecule has 0 atom stereocenters. The Balaban J connectivity index is 1.64. The first-order chi connectivity index (χ1) is 12.7. The minimum Gasteiger partial charge on any atom is -0.337 e. The zero-order valence-electron chi connectivity index (χ0n) is 15.7. The number of hydrogen-bond donors (Lipinski definition) is 2. The van der Waals surface area contributed by atoms with Gasteiger partial charge >= 0.3 is 6.03 Å². The van der Waals surface area contributed by atoms with Gasteiger partial charge in [0.05, 0.1) is 0 Å². The highest BCUT2D eigenvalue weighted by molar-refractivity contribution is 7.99. The molecule has 0 unspecified atom stereocenters. The molecule has 0 fully saturated rings. The lowest BCUT2D eigenvalue weighted by Crippen LogP contribution is -2.36. The van der Waals surface area contributed by atoms with Gasteiger partial charge in [0.1, 0.15) is 0 Å². The molecular formula is C21H29N3OS. The number of carbonyl (C=O) groups excluding carboxylic acids is 1. The van der Waals surface area contributed by atoms with Crippen LogP contribution in [0.15, 0.2) is 59.5 Å². The summed E-state index contributed by atoms with van der Waals surface area (Å²) in [6.07, 6.45) is 0. The quantitative estimate of drug-likeness (QED) is 0.488. The molecular weight excluding hydrogens is 342 g/mol. The highest BCUT2D eigenvalue weighted by atomic mass is 32.2. The van der Waals surface area contributed by atoms with Crippen molar-refractivity contribution in [3.63, 3.8) is 0 Å². The Morgan fingerprint density at radius 2 is 1.58 bits per heavy atom. The monoisotopic (exact) mass is 371 g/mol. The summed E-state index contributed by atoms with van der Waals surface area (Å²) in [5.74, 6) is 0.859. The van der Waals surface area contributed by atoms with E-state index in [2.05, 4.69) is 65.8 Å². The van der Waals surface area contributed by atoms with E-state index in [1.165, 1.54) is 10.5 Å². The zero-order valence-corrected chi connectivity index (χ0v) is 16.5. The summed E-state index contributed by atoms with van der Waals surface area (Å²) in [4.78, 5) is 15.5. The highest BCUT2D eigenvalue weighted by Crippen LogP contribution is 2.15. The van der Waals surface area contributed by atoms with Gasteiger partial charge < -0.3 is 10.6 Å². The summed E-state index contributed by atoms with van der Waals surface area (Å²) >= 11 is 1.74. The van der Waals surface area contributed by atoms with Crippen molar-refractivity contribution in [1.82, 2.24) is 15.5 Å². The van der Waals surface area contributed by atoms with Crippen LogP contribution in [0.5, 0.6) is 0 Å². The van der Waals surface area contributed by atoms with Crippen LogP contribution in [0.2, 0.25) is 0 Å². The second-order valence-electron chi connectivity index (χ2n) is 6.05. The van der Waals surface area contributed by atoms with Crippen LogP contribution in [0.1, 0.15) is 25.0 Å².